The fourth-order valence-corrected chi connectivity index (χ4v) is 4.19. The van der Waals surface area contributed by atoms with Gasteiger partial charge in [0.1, 0.15) is 0 Å². The molecule has 2 aromatic rings. The lowest BCUT2D eigenvalue weighted by Gasteiger charge is -2.31. The van der Waals surface area contributed by atoms with Gasteiger partial charge < -0.3 is 25.8 Å². The van der Waals surface area contributed by atoms with Crippen LogP contribution in [0.4, 0.5) is 5.69 Å². The van der Waals surface area contributed by atoms with Crippen LogP contribution < -0.4 is 16.4 Å². The van der Waals surface area contributed by atoms with E-state index in [1.165, 1.54) is 25.3 Å². The highest BCUT2D eigenvalue weighted by atomic mass is 16.6. The first-order valence-electron chi connectivity index (χ1n) is 11.4. The molecule has 0 radical (unpaired) electrons. The van der Waals surface area contributed by atoms with Crippen LogP contribution >= 0.6 is 0 Å². The zero-order chi connectivity index (χ0) is 28.0. The SMILES string of the molecule is COC(=O)C1=C(C)NC(C)=C(C(=O)NC(C(=O)OCC(N)=O)c2ccccc2)C1c1cccc([N+](=O)[O-])c1. The molecule has 38 heavy (non-hydrogen) atoms. The summed E-state index contributed by atoms with van der Waals surface area (Å²) in [4.78, 5) is 61.5. The quantitative estimate of drug-likeness (QED) is 0.252. The molecule has 1 heterocycles. The molecular weight excluding hydrogens is 496 g/mol. The van der Waals surface area contributed by atoms with Gasteiger partial charge in [-0.05, 0) is 25.0 Å². The lowest BCUT2D eigenvalue weighted by atomic mass is 9.79. The van der Waals surface area contributed by atoms with Gasteiger partial charge in [-0.3, -0.25) is 19.7 Å². The summed E-state index contributed by atoms with van der Waals surface area (Å²) in [6.07, 6.45) is 0. The Labute approximate surface area is 217 Å². The van der Waals surface area contributed by atoms with Crippen molar-refractivity contribution < 1.29 is 33.6 Å². The predicted octanol–water partition coefficient (Wildman–Crippen LogP) is 1.89. The third kappa shape index (κ3) is 6.03. The number of carbonyl (C=O) groups excluding carboxylic acids is 4. The van der Waals surface area contributed by atoms with E-state index >= 15 is 0 Å². The van der Waals surface area contributed by atoms with Crippen LogP contribution in [0.1, 0.15) is 36.9 Å². The number of nitrogens with one attached hydrogen (secondary N) is 2. The van der Waals surface area contributed by atoms with Crippen LogP contribution in [0.25, 0.3) is 0 Å². The third-order valence-electron chi connectivity index (χ3n) is 5.83. The number of rotatable bonds is 9. The summed E-state index contributed by atoms with van der Waals surface area (Å²) in [7, 11) is 1.18. The van der Waals surface area contributed by atoms with Crippen LogP contribution in [0, 0.1) is 10.1 Å². The molecule has 2 unspecified atom stereocenters. The van der Waals surface area contributed by atoms with Gasteiger partial charge in [-0.15, -0.1) is 0 Å². The number of methoxy groups -OCH3 is 1. The van der Waals surface area contributed by atoms with Crippen LogP contribution in [-0.2, 0) is 28.7 Å². The summed E-state index contributed by atoms with van der Waals surface area (Å²) in [5, 5.41) is 17.0. The molecule has 0 spiro atoms. The van der Waals surface area contributed by atoms with Crippen molar-refractivity contribution in [3.8, 4) is 0 Å². The number of nitrogens with two attached hydrogens (primary N) is 1. The van der Waals surface area contributed by atoms with Crippen molar-refractivity contribution in [2.45, 2.75) is 25.8 Å². The van der Waals surface area contributed by atoms with Gasteiger partial charge in [-0.1, -0.05) is 42.5 Å². The van der Waals surface area contributed by atoms with E-state index in [9.17, 15) is 29.3 Å². The van der Waals surface area contributed by atoms with Gasteiger partial charge >= 0.3 is 11.9 Å². The molecule has 3 rings (SSSR count). The smallest absolute Gasteiger partial charge is 0.336 e. The molecule has 1 aliphatic heterocycles. The van der Waals surface area contributed by atoms with E-state index in [0.717, 1.165) is 0 Å². The van der Waals surface area contributed by atoms with Crippen molar-refractivity contribution in [1.82, 2.24) is 10.6 Å². The van der Waals surface area contributed by atoms with Gasteiger partial charge in [0.25, 0.3) is 17.5 Å². The van der Waals surface area contributed by atoms with E-state index in [1.807, 2.05) is 0 Å². The maximum atomic E-state index is 13.8. The van der Waals surface area contributed by atoms with Crippen molar-refractivity contribution >= 4 is 29.4 Å². The third-order valence-corrected chi connectivity index (χ3v) is 5.83. The number of amides is 2. The standard InChI is InChI=1S/C26H26N4O8/c1-14-20(24(32)29-23(16-8-5-4-6-9-16)26(34)38-13-19(27)31)22(21(15(2)28-14)25(33)37-3)17-10-7-11-18(12-17)30(35)36/h4-12,22-23,28H,13H2,1-3H3,(H2,27,31)(H,29,32). The van der Waals surface area contributed by atoms with Crippen molar-refractivity contribution in [2.75, 3.05) is 13.7 Å². The highest BCUT2D eigenvalue weighted by molar-refractivity contribution is 6.03. The summed E-state index contributed by atoms with van der Waals surface area (Å²) in [5.41, 5.74) is 6.34. The van der Waals surface area contributed by atoms with E-state index < -0.39 is 47.2 Å². The fourth-order valence-electron chi connectivity index (χ4n) is 4.19. The number of esters is 2. The van der Waals surface area contributed by atoms with Gasteiger partial charge in [0.05, 0.1) is 23.5 Å². The summed E-state index contributed by atoms with van der Waals surface area (Å²) in [6, 6.07) is 12.4. The van der Waals surface area contributed by atoms with Crippen LogP contribution in [0.3, 0.4) is 0 Å². The number of ether oxygens (including phenoxy) is 2. The number of non-ortho nitro benzene ring substituents is 1. The molecule has 12 heteroatoms. The molecule has 2 aromatic carbocycles. The molecule has 2 atom stereocenters. The zero-order valence-electron chi connectivity index (χ0n) is 20.8. The Hall–Kier alpha value is -5.00. The van der Waals surface area contributed by atoms with Gasteiger partial charge in [0, 0.05) is 29.1 Å². The second kappa shape index (κ2) is 11.8. The van der Waals surface area contributed by atoms with Crippen LogP contribution in [-0.4, -0.2) is 42.4 Å². The highest BCUT2D eigenvalue weighted by Crippen LogP contribution is 2.40. The van der Waals surface area contributed by atoms with E-state index in [1.54, 1.807) is 50.2 Å². The number of hydrogen-bond donors (Lipinski definition) is 3. The molecule has 0 aromatic heterocycles. The number of nitro benzene ring substituents is 1. The molecule has 0 saturated carbocycles. The lowest BCUT2D eigenvalue weighted by Crippen LogP contribution is -2.41. The molecule has 0 fully saturated rings. The molecule has 0 aliphatic carbocycles. The number of nitrogens with zero attached hydrogens (tertiary/aromatic N) is 1. The number of nitro groups is 1. The van der Waals surface area contributed by atoms with Gasteiger partial charge in [-0.2, -0.15) is 0 Å². The van der Waals surface area contributed by atoms with Crippen LogP contribution in [0.5, 0.6) is 0 Å². The number of hydrogen-bond acceptors (Lipinski definition) is 9. The first-order chi connectivity index (χ1) is 18.0. The van der Waals surface area contributed by atoms with Gasteiger partial charge in [0.15, 0.2) is 12.6 Å². The van der Waals surface area contributed by atoms with Gasteiger partial charge in [-0.25, -0.2) is 9.59 Å². The number of benzene rings is 2. The molecule has 0 saturated heterocycles. The van der Waals surface area contributed by atoms with E-state index in [2.05, 4.69) is 10.6 Å². The molecular formula is C26H26N4O8. The minimum Gasteiger partial charge on any atom is -0.466 e. The van der Waals surface area contributed by atoms with Crippen LogP contribution in [0.15, 0.2) is 77.1 Å². The minimum absolute atomic E-state index is 0.0279. The average molecular weight is 523 g/mol. The fraction of sp³-hybridized carbons (Fsp3) is 0.231. The Kier molecular flexibility index (Phi) is 8.58. The number of allylic oxidation sites excluding steroid dienone is 2. The Morgan fingerprint density at radius 3 is 2.32 bits per heavy atom. The van der Waals surface area contributed by atoms with E-state index in [4.69, 9.17) is 15.2 Å². The maximum absolute atomic E-state index is 13.8. The van der Waals surface area contributed by atoms with Crippen molar-refractivity contribution in [1.29, 1.82) is 0 Å². The Morgan fingerprint density at radius 2 is 1.71 bits per heavy atom. The minimum atomic E-state index is -1.33. The second-order valence-corrected chi connectivity index (χ2v) is 8.37. The largest absolute Gasteiger partial charge is 0.466 e. The number of carbonyl (C=O) groups is 4. The monoisotopic (exact) mass is 522 g/mol. The summed E-state index contributed by atoms with van der Waals surface area (Å²) >= 11 is 0. The number of dihydropyridines is 1. The van der Waals surface area contributed by atoms with Crippen LogP contribution in [0.2, 0.25) is 0 Å². The van der Waals surface area contributed by atoms with Crippen molar-refractivity contribution in [3.63, 3.8) is 0 Å². The van der Waals surface area contributed by atoms with Crippen molar-refractivity contribution in [3.05, 3.63) is 98.4 Å². The van der Waals surface area contributed by atoms with Crippen molar-refractivity contribution in [2.24, 2.45) is 5.73 Å². The highest BCUT2D eigenvalue weighted by Gasteiger charge is 2.39. The second-order valence-electron chi connectivity index (χ2n) is 8.37. The Balaban J connectivity index is 2.10. The Morgan fingerprint density at radius 1 is 1.05 bits per heavy atom. The molecule has 2 amide bonds. The molecule has 4 N–H and O–H groups in total. The summed E-state index contributed by atoms with van der Waals surface area (Å²) in [6.45, 7) is 2.52. The topological polar surface area (TPSA) is 180 Å². The molecule has 12 nitrogen and oxygen atoms in total. The van der Waals surface area contributed by atoms with E-state index in [0.29, 0.717) is 17.0 Å². The zero-order valence-corrected chi connectivity index (χ0v) is 20.8. The molecule has 1 aliphatic rings. The summed E-state index contributed by atoms with van der Waals surface area (Å²) < 4.78 is 9.92. The normalized spacial score (nSPS) is 15.7. The average Bonchev–Trinajstić information content (AvgIpc) is 2.89. The predicted molar refractivity (Wildman–Crippen MR) is 134 cm³/mol. The Bertz CT molecular complexity index is 1350. The maximum Gasteiger partial charge on any atom is 0.336 e. The molecule has 0 bridgehead atoms. The van der Waals surface area contributed by atoms with Gasteiger partial charge in [0.2, 0.25) is 0 Å². The first-order valence-corrected chi connectivity index (χ1v) is 11.4. The number of primary amides is 1. The van der Waals surface area contributed by atoms with E-state index in [-0.39, 0.29) is 22.4 Å². The first kappa shape index (κ1) is 27.6. The lowest BCUT2D eigenvalue weighted by molar-refractivity contribution is -0.384. The molecule has 198 valence electrons. The summed E-state index contributed by atoms with van der Waals surface area (Å²) in [5.74, 6) is -4.38.